The number of nitrogens with one attached hydrogen (secondary N) is 1. The van der Waals surface area contributed by atoms with E-state index in [1.165, 1.54) is 54.8 Å². The molecule has 0 aliphatic carbocycles. The van der Waals surface area contributed by atoms with Gasteiger partial charge < -0.3 is 0 Å². The Bertz CT molecular complexity index is 840. The second kappa shape index (κ2) is 28.8. The van der Waals surface area contributed by atoms with E-state index in [1.807, 2.05) is 30.0 Å². The molecular weight excluding hydrogens is 543 g/mol. The van der Waals surface area contributed by atoms with Crippen molar-refractivity contribution >= 4 is 23.2 Å². The highest BCUT2D eigenvalue weighted by Gasteiger charge is 2.34. The van der Waals surface area contributed by atoms with Gasteiger partial charge in [0, 0.05) is 22.9 Å². The molecule has 3 nitrogen and oxygen atoms in total. The van der Waals surface area contributed by atoms with Crippen molar-refractivity contribution in [3.8, 4) is 0 Å². The van der Waals surface area contributed by atoms with Gasteiger partial charge in [0.1, 0.15) is 0 Å². The van der Waals surface area contributed by atoms with Crippen LogP contribution in [0.2, 0.25) is 0 Å². The molecule has 1 aromatic rings. The van der Waals surface area contributed by atoms with E-state index in [0.717, 1.165) is 38.9 Å². The molecule has 0 bridgehead atoms. The second-order valence-electron chi connectivity index (χ2n) is 11.3. The van der Waals surface area contributed by atoms with Gasteiger partial charge in [-0.05, 0) is 68.4 Å². The number of nitrogens with zero attached hydrogens (tertiary/aromatic N) is 2. The summed E-state index contributed by atoms with van der Waals surface area (Å²) in [6, 6.07) is 10.7. The Morgan fingerprint density at radius 1 is 0.744 bits per heavy atom. The standard InChI is InChI=1S/C17H27NS.2C11H21N/c1-5-11-15(4)17(7-3,18-14-6-2)19-16-12-9-8-10-13-16;2*1-5-8-10(4)11(7-3)12-9-6-2/h6,8-10,12-13,15,18H,2,5,7,11,14H2,1,3-4H3;2*6,10H,2,5,7-9H2,1,3-4H3/t15-,17-;10-;/m10./s1. The van der Waals surface area contributed by atoms with E-state index in [4.69, 9.17) is 0 Å². The Morgan fingerprint density at radius 3 is 1.56 bits per heavy atom. The lowest BCUT2D eigenvalue weighted by molar-refractivity contribution is 0.318. The molecule has 0 radical (unpaired) electrons. The molecule has 0 amide bonds. The fourth-order valence-corrected chi connectivity index (χ4v) is 6.59. The molecule has 1 rings (SSSR count). The van der Waals surface area contributed by atoms with E-state index >= 15 is 0 Å². The minimum atomic E-state index is 0.103. The SMILES string of the molecule is C=CCN=C(CC)C(C)CCC.C=CCN=C(CC)[C@@H](C)CCC.C=CCN[C@](CC)(Sc1ccccc1)[C@H](C)CCC. The van der Waals surface area contributed by atoms with Crippen molar-refractivity contribution in [3.63, 3.8) is 0 Å². The van der Waals surface area contributed by atoms with Crippen LogP contribution in [-0.4, -0.2) is 35.9 Å². The van der Waals surface area contributed by atoms with Gasteiger partial charge in [-0.3, -0.25) is 15.3 Å². The highest BCUT2D eigenvalue weighted by Crippen LogP contribution is 2.41. The van der Waals surface area contributed by atoms with Gasteiger partial charge in [0.25, 0.3) is 0 Å². The number of hydrogen-bond acceptors (Lipinski definition) is 4. The fraction of sp³-hybridized carbons (Fsp3) is 0.641. The highest BCUT2D eigenvalue weighted by molar-refractivity contribution is 8.00. The summed E-state index contributed by atoms with van der Waals surface area (Å²) in [5, 5.41) is 3.71. The summed E-state index contributed by atoms with van der Waals surface area (Å²) in [4.78, 5) is 10.4. The molecule has 1 N–H and O–H groups in total. The minimum Gasteiger partial charge on any atom is -0.299 e. The van der Waals surface area contributed by atoms with Crippen LogP contribution in [0.4, 0.5) is 0 Å². The molecule has 4 heteroatoms. The van der Waals surface area contributed by atoms with E-state index in [1.54, 1.807) is 0 Å². The van der Waals surface area contributed by atoms with E-state index in [9.17, 15) is 0 Å². The van der Waals surface area contributed by atoms with Gasteiger partial charge in [0.2, 0.25) is 0 Å². The molecular formula is C39H69N3S. The summed E-state index contributed by atoms with van der Waals surface area (Å²) >= 11 is 1.97. The first kappa shape index (κ1) is 43.2. The molecule has 0 heterocycles. The molecule has 246 valence electrons. The lowest BCUT2D eigenvalue weighted by Gasteiger charge is -2.39. The number of hydrogen-bond donors (Lipinski definition) is 1. The maximum atomic E-state index is 4.48. The van der Waals surface area contributed by atoms with Crippen molar-refractivity contribution in [1.82, 2.24) is 5.32 Å². The Morgan fingerprint density at radius 2 is 1.21 bits per heavy atom. The molecule has 43 heavy (non-hydrogen) atoms. The van der Waals surface area contributed by atoms with Crippen LogP contribution in [0.1, 0.15) is 120 Å². The van der Waals surface area contributed by atoms with Gasteiger partial charge in [-0.15, -0.1) is 31.5 Å². The third kappa shape index (κ3) is 19.9. The van der Waals surface area contributed by atoms with Crippen LogP contribution >= 0.6 is 11.8 Å². The third-order valence-corrected chi connectivity index (χ3v) is 9.49. The fourth-order valence-electron chi connectivity index (χ4n) is 5.26. The first-order valence-electron chi connectivity index (χ1n) is 17.1. The number of rotatable bonds is 21. The predicted octanol–water partition coefficient (Wildman–Crippen LogP) is 12.0. The molecule has 0 fully saturated rings. The van der Waals surface area contributed by atoms with E-state index in [0.29, 0.717) is 17.8 Å². The Kier molecular flexibility index (Phi) is 29.0. The van der Waals surface area contributed by atoms with Gasteiger partial charge >= 0.3 is 0 Å². The zero-order valence-corrected chi connectivity index (χ0v) is 30.6. The van der Waals surface area contributed by atoms with Crippen LogP contribution in [-0.2, 0) is 0 Å². The monoisotopic (exact) mass is 612 g/mol. The molecule has 0 saturated heterocycles. The van der Waals surface area contributed by atoms with E-state index in [2.05, 4.69) is 128 Å². The van der Waals surface area contributed by atoms with Crippen LogP contribution in [0.25, 0.3) is 0 Å². The lowest BCUT2D eigenvalue weighted by atomic mass is 9.94. The van der Waals surface area contributed by atoms with Gasteiger partial charge in [-0.1, -0.05) is 118 Å². The van der Waals surface area contributed by atoms with Crippen molar-refractivity contribution in [2.24, 2.45) is 27.7 Å². The first-order chi connectivity index (χ1) is 20.7. The van der Waals surface area contributed by atoms with E-state index in [-0.39, 0.29) is 4.87 Å². The minimum absolute atomic E-state index is 0.103. The molecule has 1 aromatic carbocycles. The van der Waals surface area contributed by atoms with Crippen LogP contribution in [0, 0.1) is 17.8 Å². The summed E-state index contributed by atoms with van der Waals surface area (Å²) in [7, 11) is 0. The summed E-state index contributed by atoms with van der Waals surface area (Å²) in [5.74, 6) is 1.94. The zero-order chi connectivity index (χ0) is 32.9. The molecule has 4 atom stereocenters. The maximum Gasteiger partial charge on any atom is 0.0717 e. The molecule has 0 aliphatic heterocycles. The first-order valence-corrected chi connectivity index (χ1v) is 17.9. The third-order valence-electron chi connectivity index (χ3n) is 7.78. The second-order valence-corrected chi connectivity index (χ2v) is 12.7. The van der Waals surface area contributed by atoms with Crippen LogP contribution in [0.3, 0.4) is 0 Å². The van der Waals surface area contributed by atoms with Gasteiger partial charge in [0.15, 0.2) is 0 Å². The van der Waals surface area contributed by atoms with Gasteiger partial charge in [-0.2, -0.15) is 0 Å². The highest BCUT2D eigenvalue weighted by atomic mass is 32.2. The molecule has 0 spiro atoms. The Balaban J connectivity index is 0. The van der Waals surface area contributed by atoms with Crippen molar-refractivity contribution in [2.45, 2.75) is 130 Å². The lowest BCUT2D eigenvalue weighted by Crippen LogP contribution is -2.47. The number of benzene rings is 1. The summed E-state index contributed by atoms with van der Waals surface area (Å²) in [5.41, 5.74) is 2.69. The van der Waals surface area contributed by atoms with Crippen molar-refractivity contribution in [3.05, 3.63) is 68.3 Å². The quantitative estimate of drug-likeness (QED) is 0.0649. The number of thioether (sulfide) groups is 1. The average molecular weight is 612 g/mol. The topological polar surface area (TPSA) is 36.8 Å². The average Bonchev–Trinajstić information content (AvgIpc) is 3.01. The van der Waals surface area contributed by atoms with Gasteiger partial charge in [0.05, 0.1) is 18.0 Å². The summed E-state index contributed by atoms with van der Waals surface area (Å²) < 4.78 is 0. The van der Waals surface area contributed by atoms with E-state index < -0.39 is 0 Å². The zero-order valence-electron chi connectivity index (χ0n) is 29.8. The smallest absolute Gasteiger partial charge is 0.0717 e. The maximum absolute atomic E-state index is 4.48. The van der Waals surface area contributed by atoms with Crippen LogP contribution in [0.15, 0.2) is 83.2 Å². The van der Waals surface area contributed by atoms with Crippen LogP contribution in [0.5, 0.6) is 0 Å². The van der Waals surface area contributed by atoms with Crippen LogP contribution < -0.4 is 5.32 Å². The van der Waals surface area contributed by atoms with Crippen molar-refractivity contribution in [1.29, 1.82) is 0 Å². The molecule has 1 unspecified atom stereocenters. The summed E-state index contributed by atoms with van der Waals surface area (Å²) in [6.07, 6.45) is 16.4. The Labute approximate surface area is 273 Å². The number of aliphatic imine (C=N–C) groups is 2. The predicted molar refractivity (Wildman–Crippen MR) is 201 cm³/mol. The molecule has 0 aliphatic rings. The summed E-state index contributed by atoms with van der Waals surface area (Å²) in [6.45, 7) is 33.8. The Hall–Kier alpha value is -1.91. The molecule has 0 aromatic heterocycles. The molecule has 0 saturated carbocycles. The van der Waals surface area contributed by atoms with Gasteiger partial charge in [-0.25, -0.2) is 0 Å². The normalized spacial score (nSPS) is 15.0. The van der Waals surface area contributed by atoms with Crippen molar-refractivity contribution in [2.75, 3.05) is 19.6 Å². The largest absolute Gasteiger partial charge is 0.299 e. The van der Waals surface area contributed by atoms with Crippen molar-refractivity contribution < 1.29 is 0 Å².